The molecule has 4 rings (SSSR count). The van der Waals surface area contributed by atoms with Gasteiger partial charge < -0.3 is 20.1 Å². The van der Waals surface area contributed by atoms with Crippen molar-refractivity contribution in [2.24, 2.45) is 11.8 Å². The third-order valence-corrected chi connectivity index (χ3v) is 4.96. The largest absolute Gasteiger partial charge is 0.396 e. The number of anilines is 1. The predicted octanol–water partition coefficient (Wildman–Crippen LogP) is 0.952. The SMILES string of the molecule is OC[C@@H]1CC(n2cnc3c(NC4CC4)ncnc32)C[C@@H]1CO. The maximum atomic E-state index is 9.47. The molecule has 2 aromatic rings. The quantitative estimate of drug-likeness (QED) is 0.761. The van der Waals surface area contributed by atoms with Gasteiger partial charge in [0.05, 0.1) is 6.33 Å². The van der Waals surface area contributed by atoms with Crippen LogP contribution in [0.4, 0.5) is 5.82 Å². The van der Waals surface area contributed by atoms with Crippen molar-refractivity contribution in [3.8, 4) is 0 Å². The van der Waals surface area contributed by atoms with Crippen LogP contribution < -0.4 is 5.32 Å². The molecule has 0 aliphatic heterocycles. The maximum absolute atomic E-state index is 9.47. The average molecular weight is 303 g/mol. The summed E-state index contributed by atoms with van der Waals surface area (Å²) < 4.78 is 2.08. The Balaban J connectivity index is 1.65. The van der Waals surface area contributed by atoms with E-state index < -0.39 is 0 Å². The van der Waals surface area contributed by atoms with Gasteiger partial charge in [0.25, 0.3) is 0 Å². The van der Waals surface area contributed by atoms with Gasteiger partial charge in [-0.1, -0.05) is 0 Å². The van der Waals surface area contributed by atoms with E-state index in [4.69, 9.17) is 0 Å². The van der Waals surface area contributed by atoms with Crippen molar-refractivity contribution >= 4 is 17.0 Å². The molecule has 0 aromatic carbocycles. The first-order valence-corrected chi connectivity index (χ1v) is 7.96. The normalized spacial score (nSPS) is 28.4. The summed E-state index contributed by atoms with van der Waals surface area (Å²) in [6.45, 7) is 0.246. The van der Waals surface area contributed by atoms with Gasteiger partial charge in [-0.05, 0) is 37.5 Å². The maximum Gasteiger partial charge on any atom is 0.165 e. The van der Waals surface area contributed by atoms with Crippen molar-refractivity contribution in [2.45, 2.75) is 37.8 Å². The number of rotatable bonds is 5. The minimum Gasteiger partial charge on any atom is -0.396 e. The zero-order valence-corrected chi connectivity index (χ0v) is 12.4. The smallest absolute Gasteiger partial charge is 0.165 e. The first kappa shape index (κ1) is 13.9. The van der Waals surface area contributed by atoms with E-state index in [1.54, 1.807) is 6.33 Å². The Labute approximate surface area is 128 Å². The van der Waals surface area contributed by atoms with Crippen molar-refractivity contribution in [3.05, 3.63) is 12.7 Å². The van der Waals surface area contributed by atoms with Crippen molar-refractivity contribution < 1.29 is 10.2 Å². The van der Waals surface area contributed by atoms with E-state index in [0.717, 1.165) is 29.8 Å². The molecule has 0 amide bonds. The average Bonchev–Trinajstić information content (AvgIpc) is 3.10. The van der Waals surface area contributed by atoms with Gasteiger partial charge in [-0.2, -0.15) is 0 Å². The molecule has 0 spiro atoms. The van der Waals surface area contributed by atoms with Crippen LogP contribution in [0.1, 0.15) is 31.7 Å². The van der Waals surface area contributed by atoms with Crippen LogP contribution in [0.2, 0.25) is 0 Å². The standard InChI is InChI=1S/C15H21N5O2/c21-5-9-3-12(4-10(9)6-22)20-8-18-13-14(19-11-1-2-11)16-7-17-15(13)20/h7-12,21-22H,1-6H2,(H,16,17,19)/t9-,10+,12?. The number of imidazole rings is 1. The van der Waals surface area contributed by atoms with Crippen LogP contribution in [0.5, 0.6) is 0 Å². The Morgan fingerprint density at radius 3 is 2.45 bits per heavy atom. The number of nitrogens with zero attached hydrogens (tertiary/aromatic N) is 4. The molecule has 22 heavy (non-hydrogen) atoms. The summed E-state index contributed by atoms with van der Waals surface area (Å²) in [7, 11) is 0. The van der Waals surface area contributed by atoms with Crippen molar-refractivity contribution in [3.63, 3.8) is 0 Å². The number of fused-ring (bicyclic) bond motifs is 1. The molecular formula is C15H21N5O2. The lowest BCUT2D eigenvalue weighted by atomic mass is 9.98. The number of aliphatic hydroxyl groups is 2. The lowest BCUT2D eigenvalue weighted by molar-refractivity contribution is 0.141. The Kier molecular flexibility index (Phi) is 3.46. The molecule has 2 aliphatic carbocycles. The van der Waals surface area contributed by atoms with Crippen LogP contribution >= 0.6 is 0 Å². The second-order valence-electron chi connectivity index (χ2n) is 6.48. The Morgan fingerprint density at radius 1 is 1.09 bits per heavy atom. The van der Waals surface area contributed by atoms with Crippen LogP contribution in [0.25, 0.3) is 11.2 Å². The molecule has 0 bridgehead atoms. The van der Waals surface area contributed by atoms with Gasteiger partial charge >= 0.3 is 0 Å². The number of aromatic nitrogens is 4. The third-order valence-electron chi connectivity index (χ3n) is 4.96. The summed E-state index contributed by atoms with van der Waals surface area (Å²) in [6, 6.07) is 0.746. The highest BCUT2D eigenvalue weighted by Crippen LogP contribution is 2.40. The van der Waals surface area contributed by atoms with Crippen molar-refractivity contribution in [2.75, 3.05) is 18.5 Å². The molecule has 2 saturated carbocycles. The summed E-state index contributed by atoms with van der Waals surface area (Å²) in [5.41, 5.74) is 1.64. The molecule has 2 fully saturated rings. The summed E-state index contributed by atoms with van der Waals surface area (Å²) in [4.78, 5) is 13.2. The predicted molar refractivity (Wildman–Crippen MR) is 81.4 cm³/mol. The van der Waals surface area contributed by atoms with E-state index in [0.29, 0.717) is 6.04 Å². The van der Waals surface area contributed by atoms with E-state index in [9.17, 15) is 10.2 Å². The number of nitrogens with one attached hydrogen (secondary N) is 1. The Morgan fingerprint density at radius 2 is 1.82 bits per heavy atom. The molecular weight excluding hydrogens is 282 g/mol. The van der Waals surface area contributed by atoms with Crippen LogP contribution in [0.15, 0.2) is 12.7 Å². The van der Waals surface area contributed by atoms with Gasteiger partial charge in [0.2, 0.25) is 0 Å². The van der Waals surface area contributed by atoms with Crippen molar-refractivity contribution in [1.29, 1.82) is 0 Å². The lowest BCUT2D eigenvalue weighted by Gasteiger charge is -2.12. The zero-order valence-electron chi connectivity index (χ0n) is 12.4. The fourth-order valence-corrected chi connectivity index (χ4v) is 3.50. The van der Waals surface area contributed by atoms with Crippen LogP contribution in [0, 0.1) is 11.8 Å². The summed E-state index contributed by atoms with van der Waals surface area (Å²) >= 11 is 0. The van der Waals surface area contributed by atoms with Gasteiger partial charge in [0.15, 0.2) is 11.5 Å². The fourth-order valence-electron chi connectivity index (χ4n) is 3.50. The minimum absolute atomic E-state index is 0.123. The molecule has 2 heterocycles. The topological polar surface area (TPSA) is 96.1 Å². The molecule has 7 heteroatoms. The Hall–Kier alpha value is -1.73. The zero-order chi connectivity index (χ0) is 15.1. The number of aliphatic hydroxyl groups excluding tert-OH is 2. The van der Waals surface area contributed by atoms with Gasteiger partial charge in [-0.3, -0.25) is 0 Å². The highest BCUT2D eigenvalue weighted by Gasteiger charge is 2.35. The van der Waals surface area contributed by atoms with Crippen LogP contribution in [-0.4, -0.2) is 49.0 Å². The fraction of sp³-hybridized carbons (Fsp3) is 0.667. The molecule has 2 aliphatic rings. The molecule has 1 unspecified atom stereocenters. The summed E-state index contributed by atoms with van der Waals surface area (Å²) in [6.07, 6.45) is 7.46. The molecule has 118 valence electrons. The second kappa shape index (κ2) is 5.48. The number of hydrogen-bond donors (Lipinski definition) is 3. The van der Waals surface area contributed by atoms with Gasteiger partial charge in [-0.25, -0.2) is 15.0 Å². The monoisotopic (exact) mass is 303 g/mol. The molecule has 0 saturated heterocycles. The molecule has 3 atom stereocenters. The van der Waals surface area contributed by atoms with Gasteiger partial charge in [0.1, 0.15) is 11.8 Å². The molecule has 2 aromatic heterocycles. The first-order chi connectivity index (χ1) is 10.8. The van der Waals surface area contributed by atoms with E-state index in [1.807, 2.05) is 6.33 Å². The van der Waals surface area contributed by atoms with Crippen LogP contribution in [-0.2, 0) is 0 Å². The van der Waals surface area contributed by atoms with Gasteiger partial charge in [0, 0.05) is 25.3 Å². The van der Waals surface area contributed by atoms with E-state index in [2.05, 4.69) is 24.8 Å². The second-order valence-corrected chi connectivity index (χ2v) is 6.48. The molecule has 0 radical (unpaired) electrons. The summed E-state index contributed by atoms with van der Waals surface area (Å²) in [5.74, 6) is 1.11. The van der Waals surface area contributed by atoms with E-state index in [1.165, 1.54) is 12.8 Å². The van der Waals surface area contributed by atoms with Crippen LogP contribution in [0.3, 0.4) is 0 Å². The highest BCUT2D eigenvalue weighted by molar-refractivity contribution is 5.83. The first-order valence-electron chi connectivity index (χ1n) is 7.96. The van der Waals surface area contributed by atoms with Crippen molar-refractivity contribution in [1.82, 2.24) is 19.5 Å². The number of hydrogen-bond acceptors (Lipinski definition) is 6. The molecule has 3 N–H and O–H groups in total. The minimum atomic E-state index is 0.123. The van der Waals surface area contributed by atoms with Gasteiger partial charge in [-0.15, -0.1) is 0 Å². The lowest BCUT2D eigenvalue weighted by Crippen LogP contribution is -2.15. The summed E-state index contributed by atoms with van der Waals surface area (Å²) in [5, 5.41) is 22.3. The Bertz CT molecular complexity index is 657. The molecule has 7 nitrogen and oxygen atoms in total. The highest BCUT2D eigenvalue weighted by atomic mass is 16.3. The van der Waals surface area contributed by atoms with E-state index >= 15 is 0 Å². The third kappa shape index (κ3) is 2.34. The van der Waals surface area contributed by atoms with E-state index in [-0.39, 0.29) is 31.1 Å².